The Morgan fingerprint density at radius 2 is 1.92 bits per heavy atom. The van der Waals surface area contributed by atoms with Gasteiger partial charge in [-0.15, -0.1) is 11.8 Å². The van der Waals surface area contributed by atoms with Gasteiger partial charge in [0.25, 0.3) is 11.5 Å². The van der Waals surface area contributed by atoms with Gasteiger partial charge in [-0.25, -0.2) is 4.79 Å². The Balaban J connectivity index is 1.47. The van der Waals surface area contributed by atoms with E-state index in [1.807, 2.05) is 0 Å². The fourth-order valence-electron chi connectivity index (χ4n) is 4.07. The lowest BCUT2D eigenvalue weighted by Crippen LogP contribution is -2.42. The molecular weight excluding hydrogens is 566 g/mol. The Morgan fingerprint density at radius 3 is 2.55 bits per heavy atom. The first kappa shape index (κ1) is 28.3. The number of carbonyl (C=O) groups is 2. The molecule has 0 radical (unpaired) electrons. The number of oxime groups is 1. The molecule has 0 bridgehead atoms. The van der Waals surface area contributed by atoms with Crippen molar-refractivity contribution >= 4 is 57.6 Å². The number of hydrogen-bond acceptors (Lipinski definition) is 7. The van der Waals surface area contributed by atoms with Crippen LogP contribution in [0, 0.1) is 6.92 Å². The minimum atomic E-state index is -4.81. The number of rotatable bonds is 7. The first-order chi connectivity index (χ1) is 17.9. The van der Waals surface area contributed by atoms with Crippen molar-refractivity contribution in [1.82, 2.24) is 5.32 Å². The monoisotopic (exact) mass is 587 g/mol. The number of nitrogens with zero attached hydrogens (tertiary/aromatic N) is 2. The molecule has 0 saturated heterocycles. The van der Waals surface area contributed by atoms with Gasteiger partial charge in [0.15, 0.2) is 6.04 Å². The molecule has 202 valence electrons. The molecule has 2 aliphatic heterocycles. The van der Waals surface area contributed by atoms with Crippen molar-refractivity contribution in [2.45, 2.75) is 38.1 Å². The molecule has 2 aromatic carbocycles. The van der Waals surface area contributed by atoms with Crippen LogP contribution in [0.2, 0.25) is 10.0 Å². The van der Waals surface area contributed by atoms with Crippen LogP contribution in [-0.4, -0.2) is 53.8 Å². The highest BCUT2D eigenvalue weighted by atomic mass is 35.5. The van der Waals surface area contributed by atoms with Crippen LogP contribution in [0.15, 0.2) is 46.5 Å². The lowest BCUT2D eigenvalue weighted by atomic mass is 9.86. The topological polar surface area (TPSA) is 89.3 Å². The summed E-state index contributed by atoms with van der Waals surface area (Å²) in [5.41, 5.74) is -1.69. The first-order valence-corrected chi connectivity index (χ1v) is 13.2. The number of aryl methyl sites for hydroxylation is 1. The van der Waals surface area contributed by atoms with E-state index in [9.17, 15) is 22.8 Å². The van der Waals surface area contributed by atoms with Crippen LogP contribution in [0.5, 0.6) is 0 Å². The van der Waals surface area contributed by atoms with Crippen molar-refractivity contribution in [3.63, 3.8) is 0 Å². The number of thioether (sulfide) groups is 1. The van der Waals surface area contributed by atoms with Gasteiger partial charge in [-0.05, 0) is 55.3 Å². The zero-order chi connectivity index (χ0) is 27.7. The Bertz CT molecular complexity index is 1320. The van der Waals surface area contributed by atoms with Crippen LogP contribution in [0.3, 0.4) is 0 Å². The number of aliphatic imine (C=N–C) groups is 1. The summed E-state index contributed by atoms with van der Waals surface area (Å²) >= 11 is 13.3. The largest absolute Gasteiger partial charge is 0.464 e. The number of alkyl halides is 3. The smallest absolute Gasteiger partial charge is 0.435 e. The predicted molar refractivity (Wildman–Crippen MR) is 140 cm³/mol. The zero-order valence-electron chi connectivity index (χ0n) is 20.2. The third kappa shape index (κ3) is 5.79. The number of ether oxygens (including phenoxy) is 1. The maximum atomic E-state index is 14.2. The molecule has 13 heteroatoms. The normalized spacial score (nSPS) is 21.0. The second-order valence-corrected chi connectivity index (χ2v) is 10.6. The second kappa shape index (κ2) is 11.2. The maximum Gasteiger partial charge on any atom is 0.435 e. The molecule has 0 aromatic heterocycles. The minimum absolute atomic E-state index is 0.0396. The van der Waals surface area contributed by atoms with Gasteiger partial charge in [0.2, 0.25) is 0 Å². The summed E-state index contributed by atoms with van der Waals surface area (Å²) in [5, 5.41) is 7.19. The average Bonchev–Trinajstić information content (AvgIpc) is 3.50. The number of halogens is 5. The fourth-order valence-corrected chi connectivity index (χ4v) is 5.54. The van der Waals surface area contributed by atoms with Crippen LogP contribution >= 0.6 is 35.0 Å². The fraction of sp³-hybridized carbons (Fsp3) is 0.360. The van der Waals surface area contributed by atoms with E-state index in [4.69, 9.17) is 32.8 Å². The number of carbonyl (C=O) groups excluding carboxylic acids is 2. The molecule has 2 unspecified atom stereocenters. The van der Waals surface area contributed by atoms with E-state index in [0.717, 1.165) is 12.1 Å². The summed E-state index contributed by atoms with van der Waals surface area (Å²) in [6.45, 7) is 3.78. The third-order valence-electron chi connectivity index (χ3n) is 5.99. The van der Waals surface area contributed by atoms with Gasteiger partial charge in [0.05, 0.1) is 23.9 Å². The van der Waals surface area contributed by atoms with E-state index in [0.29, 0.717) is 27.5 Å². The molecule has 1 amide bonds. The second-order valence-electron chi connectivity index (χ2n) is 8.60. The highest BCUT2D eigenvalue weighted by Crippen LogP contribution is 2.49. The molecule has 0 saturated carbocycles. The van der Waals surface area contributed by atoms with Gasteiger partial charge in [-0.3, -0.25) is 9.79 Å². The molecule has 2 aromatic rings. The molecule has 1 N–H and O–H groups in total. The number of nitrogens with one attached hydrogen (secondary N) is 1. The van der Waals surface area contributed by atoms with Crippen LogP contribution in [-0.2, 0) is 20.0 Å². The van der Waals surface area contributed by atoms with E-state index in [-0.39, 0.29) is 40.4 Å². The molecule has 0 fully saturated rings. The molecule has 4 rings (SSSR count). The Morgan fingerprint density at radius 1 is 1.21 bits per heavy atom. The van der Waals surface area contributed by atoms with E-state index in [1.54, 1.807) is 19.9 Å². The van der Waals surface area contributed by atoms with Crippen molar-refractivity contribution in [3.05, 3.63) is 68.7 Å². The SMILES string of the molecule is CCOC(=O)C1CSC(CNC(=O)c2ccc(C3=NOC(c4cc(Cl)cc(Cl)c4)(C(F)(F)F)C3)cc2C)=N1. The highest BCUT2D eigenvalue weighted by molar-refractivity contribution is 8.14. The summed E-state index contributed by atoms with van der Waals surface area (Å²) < 4.78 is 47.7. The van der Waals surface area contributed by atoms with Crippen molar-refractivity contribution in [2.24, 2.45) is 10.1 Å². The number of benzene rings is 2. The molecule has 2 aliphatic rings. The van der Waals surface area contributed by atoms with Gasteiger partial charge in [-0.1, -0.05) is 34.4 Å². The van der Waals surface area contributed by atoms with Crippen LogP contribution in [0.25, 0.3) is 0 Å². The van der Waals surface area contributed by atoms with Crippen molar-refractivity contribution in [3.8, 4) is 0 Å². The van der Waals surface area contributed by atoms with Gasteiger partial charge in [-0.2, -0.15) is 13.2 Å². The minimum Gasteiger partial charge on any atom is -0.464 e. The van der Waals surface area contributed by atoms with Gasteiger partial charge in [0.1, 0.15) is 0 Å². The summed E-state index contributed by atoms with van der Waals surface area (Å²) in [5.74, 6) is -0.345. The standard InChI is InChI=1S/C25H22Cl2F3N3O4S/c1-3-36-23(35)20-12-38-21(32-20)11-31-22(34)18-5-4-14(6-13(18)2)19-10-24(37-33-19,25(28,29)30)15-7-16(26)9-17(27)8-15/h4-9,20H,3,10-12H2,1-2H3,(H,31,34). The maximum absolute atomic E-state index is 14.2. The summed E-state index contributed by atoms with van der Waals surface area (Å²) in [6.07, 6.45) is -5.41. The lowest BCUT2D eigenvalue weighted by Gasteiger charge is -2.29. The van der Waals surface area contributed by atoms with E-state index < -0.39 is 30.2 Å². The zero-order valence-corrected chi connectivity index (χ0v) is 22.5. The number of amides is 1. The first-order valence-electron chi connectivity index (χ1n) is 11.5. The quantitative estimate of drug-likeness (QED) is 0.420. The van der Waals surface area contributed by atoms with Gasteiger partial charge < -0.3 is 14.9 Å². The summed E-state index contributed by atoms with van der Waals surface area (Å²) in [4.78, 5) is 33.9. The van der Waals surface area contributed by atoms with Crippen molar-refractivity contribution < 1.29 is 32.3 Å². The molecule has 0 spiro atoms. The number of esters is 1. The van der Waals surface area contributed by atoms with Gasteiger partial charge in [0, 0.05) is 33.3 Å². The lowest BCUT2D eigenvalue weighted by molar-refractivity contribution is -0.275. The molecule has 2 heterocycles. The molecule has 38 heavy (non-hydrogen) atoms. The van der Waals surface area contributed by atoms with E-state index in [1.165, 1.54) is 30.0 Å². The van der Waals surface area contributed by atoms with E-state index >= 15 is 0 Å². The van der Waals surface area contributed by atoms with Gasteiger partial charge >= 0.3 is 12.1 Å². The van der Waals surface area contributed by atoms with Crippen LogP contribution < -0.4 is 5.32 Å². The molecule has 2 atom stereocenters. The molecular formula is C25H22Cl2F3N3O4S. The molecule has 0 aliphatic carbocycles. The number of hydrogen-bond donors (Lipinski definition) is 1. The Hall–Kier alpha value is -2.76. The highest BCUT2D eigenvalue weighted by Gasteiger charge is 2.62. The van der Waals surface area contributed by atoms with E-state index in [2.05, 4.69) is 15.5 Å². The third-order valence-corrected chi connectivity index (χ3v) is 7.49. The summed E-state index contributed by atoms with van der Waals surface area (Å²) in [6, 6.07) is 7.65. The Labute approximate surface area is 230 Å². The Kier molecular flexibility index (Phi) is 8.29. The summed E-state index contributed by atoms with van der Waals surface area (Å²) in [7, 11) is 0. The van der Waals surface area contributed by atoms with Crippen LogP contribution in [0.1, 0.15) is 40.4 Å². The van der Waals surface area contributed by atoms with Crippen LogP contribution in [0.4, 0.5) is 13.2 Å². The molecule has 7 nitrogen and oxygen atoms in total. The van der Waals surface area contributed by atoms with Crippen molar-refractivity contribution in [1.29, 1.82) is 0 Å². The van der Waals surface area contributed by atoms with Crippen molar-refractivity contribution in [2.75, 3.05) is 18.9 Å². The average molecular weight is 588 g/mol. The predicted octanol–water partition coefficient (Wildman–Crippen LogP) is 5.69.